The predicted octanol–water partition coefficient (Wildman–Crippen LogP) is 9.63. The Morgan fingerprint density at radius 1 is 0.444 bits per heavy atom. The first-order valence-corrected chi connectivity index (χ1v) is 25.5. The fourth-order valence-corrected chi connectivity index (χ4v) is 0.874. The van der Waals surface area contributed by atoms with Gasteiger partial charge < -0.3 is 48.6 Å². The Labute approximate surface area is 467 Å². The molecule has 40 heteroatoms. The number of hydrogen-bond donors (Lipinski definition) is 5. The number of aliphatic carboxylic acids is 4. The minimum Gasteiger partial charge on any atom is -0.741 e. The predicted molar refractivity (Wildman–Crippen MR) is 271 cm³/mol. The lowest BCUT2D eigenvalue weighted by atomic mass is 10.2. The van der Waals surface area contributed by atoms with Crippen LogP contribution in [0.15, 0.2) is 24.3 Å². The zero-order valence-corrected chi connectivity index (χ0v) is 50.9. The van der Waals surface area contributed by atoms with Gasteiger partial charge in [0.25, 0.3) is 17.9 Å². The Morgan fingerprint density at radius 3 is 0.531 bits per heavy atom. The van der Waals surface area contributed by atoms with Crippen molar-refractivity contribution in [3.63, 3.8) is 0 Å². The number of rotatable bonds is 0. The van der Waals surface area contributed by atoms with Crippen LogP contribution in [-0.2, 0) is 73.9 Å². The highest BCUT2D eigenvalue weighted by molar-refractivity contribution is 7.87. The standard InChI is InChI=1S/2C6H12O2.2C4H9.2C4H8.4C2H4O2.4CHF3O3S.CH4/c2*1-5(7)8-6(2,3)4;4*1-4(2)3;4*1-2(3)4;4*2-1(3,4)8(5,6)7;/h2*1-4H3;2*1-3H3;2*1H2,2-3H3;4*1H3,(H,3,4);4*(H,5,6,7);1H4/q;;2*+1;;;;;;;;;;;/p-2. The lowest BCUT2D eigenvalue weighted by Gasteiger charge is -2.17. The summed E-state index contributed by atoms with van der Waals surface area (Å²) in [5.74, 6) is -0.949. The van der Waals surface area contributed by atoms with E-state index >= 15 is 0 Å². The normalized spacial score (nSPS) is 10.2. The van der Waals surface area contributed by atoms with E-state index in [1.165, 1.54) is 36.8 Å². The molecule has 0 rings (SSSR count). The van der Waals surface area contributed by atoms with E-state index in [9.17, 15) is 57.5 Å². The topological polar surface area (TPSA) is 432 Å². The molecule has 81 heavy (non-hydrogen) atoms. The summed E-state index contributed by atoms with van der Waals surface area (Å²) < 4.78 is 243. The number of ether oxygens (including phenoxy) is 2. The molecule has 0 aliphatic carbocycles. The molecule has 0 saturated carbocycles. The first-order chi connectivity index (χ1) is 33.7. The average molecular weight is 1310 g/mol. The Kier molecular flexibility index (Phi) is 76.7. The number of carbonyl (C=O) groups excluding carboxylic acids is 3. The van der Waals surface area contributed by atoms with Gasteiger partial charge in [-0.3, -0.25) is 28.3 Å². The molecule has 0 aromatic carbocycles. The Balaban J connectivity index is -0.0000000450. The Hall–Kier alpha value is -5.16. The van der Waals surface area contributed by atoms with E-state index in [2.05, 4.69) is 54.7 Å². The third kappa shape index (κ3) is 238. The number of carboxylic acid groups (broad SMARTS) is 4. The molecule has 496 valence electrons. The number of allylic oxidation sites excluding steroid dienone is 2. The molecule has 0 aromatic heterocycles. The van der Waals surface area contributed by atoms with E-state index in [-0.39, 0.29) is 30.6 Å². The molecule has 0 aromatic rings. The van der Waals surface area contributed by atoms with Crippen LogP contribution >= 0.6 is 0 Å². The van der Waals surface area contributed by atoms with Crippen molar-refractivity contribution in [1.82, 2.24) is 0 Å². The van der Waals surface area contributed by atoms with Crippen molar-refractivity contribution in [1.29, 1.82) is 0 Å². The molecule has 24 nitrogen and oxygen atoms in total. The zero-order chi connectivity index (χ0) is 70.2. The molecule has 0 spiro atoms. The van der Waals surface area contributed by atoms with Crippen LogP contribution in [0.1, 0.15) is 160 Å². The molecular formula is C41H80F12O24S4. The van der Waals surface area contributed by atoms with Crippen LogP contribution in [0.4, 0.5) is 52.7 Å². The molecule has 0 atom stereocenters. The van der Waals surface area contributed by atoms with Gasteiger partial charge in [-0.25, -0.2) is 16.8 Å². The van der Waals surface area contributed by atoms with Crippen LogP contribution in [0.25, 0.3) is 0 Å². The molecule has 0 saturated heterocycles. The van der Waals surface area contributed by atoms with Crippen LogP contribution in [0.2, 0.25) is 0 Å². The Morgan fingerprint density at radius 2 is 0.531 bits per heavy atom. The highest BCUT2D eigenvalue weighted by atomic mass is 32.2. The molecule has 0 aliphatic heterocycles. The van der Waals surface area contributed by atoms with Gasteiger partial charge in [0.1, 0.15) is 5.60 Å². The van der Waals surface area contributed by atoms with Crippen LogP contribution in [0, 0.1) is 11.8 Å². The summed E-state index contributed by atoms with van der Waals surface area (Å²) in [5.41, 5.74) is -20.6. The smallest absolute Gasteiger partial charge is 0.522 e. The summed E-state index contributed by atoms with van der Waals surface area (Å²) in [5, 5.41) is 31.1. The number of carbonyl (C=O) groups is 5. The number of hydrogen-bond acceptors (Lipinski definition) is 18. The van der Waals surface area contributed by atoms with Gasteiger partial charge in [0.05, 0.1) is 60.3 Å². The number of alkyl halides is 12. The van der Waals surface area contributed by atoms with Crippen molar-refractivity contribution in [2.24, 2.45) is 0 Å². The van der Waals surface area contributed by atoms with Gasteiger partial charge in [-0.1, -0.05) is 18.6 Å². The fourth-order valence-electron chi connectivity index (χ4n) is 0.874. The minimum absolute atomic E-state index is 0. The number of carboxylic acids is 4. The zero-order valence-electron chi connectivity index (χ0n) is 47.6. The maximum absolute atomic E-state index is 10.7. The summed E-state index contributed by atoms with van der Waals surface area (Å²) in [6.45, 7) is 45.8. The van der Waals surface area contributed by atoms with Crippen LogP contribution in [0.5, 0.6) is 0 Å². The summed E-state index contributed by atoms with van der Waals surface area (Å²) in [7, 11) is -23.9. The molecule has 6 N–H and O–H groups in total. The molecule has 0 unspecified atom stereocenters. The maximum atomic E-state index is 10.7. The highest BCUT2D eigenvalue weighted by Gasteiger charge is 2.45. The van der Waals surface area contributed by atoms with Gasteiger partial charge in [0.15, 0.2) is 25.8 Å². The third-order valence-electron chi connectivity index (χ3n) is 2.06. The van der Waals surface area contributed by atoms with E-state index in [0.29, 0.717) is 0 Å². The van der Waals surface area contributed by atoms with Crippen molar-refractivity contribution < 1.29 is 163 Å². The van der Waals surface area contributed by atoms with Crippen molar-refractivity contribution in [2.75, 3.05) is 0 Å². The number of esters is 2. The van der Waals surface area contributed by atoms with Gasteiger partial charge in [-0.2, -0.15) is 69.5 Å². The van der Waals surface area contributed by atoms with Crippen LogP contribution < -0.4 is 5.11 Å². The summed E-state index contributed by atoms with van der Waals surface area (Å²) in [6, 6.07) is 0. The summed E-state index contributed by atoms with van der Waals surface area (Å²) >= 11 is 0. The average Bonchev–Trinajstić information content (AvgIpc) is 2.98. The fraction of sp³-hybridized carbons (Fsp3) is 0.707. The first kappa shape index (κ1) is 115. The van der Waals surface area contributed by atoms with E-state index in [1.807, 2.05) is 69.2 Å². The van der Waals surface area contributed by atoms with Gasteiger partial charge >= 0.3 is 54.2 Å². The van der Waals surface area contributed by atoms with Crippen molar-refractivity contribution in [2.45, 2.75) is 193 Å². The molecular weight excluding hydrogens is 1230 g/mol. The second-order valence-corrected chi connectivity index (χ2v) is 22.1. The quantitative estimate of drug-likeness (QED) is 0.0286. The Bertz CT molecular complexity index is 1820. The molecule has 0 fully saturated rings. The lowest BCUT2D eigenvalue weighted by molar-refractivity contribution is -0.302. The van der Waals surface area contributed by atoms with Crippen molar-refractivity contribution in [3.05, 3.63) is 36.1 Å². The lowest BCUT2D eigenvalue weighted by Crippen LogP contribution is -2.21. The second kappa shape index (κ2) is 54.1. The summed E-state index contributed by atoms with van der Waals surface area (Å²) in [4.78, 5) is 54.7. The monoisotopic (exact) mass is 1310 g/mol. The summed E-state index contributed by atoms with van der Waals surface area (Å²) in [6.07, 6.45) is 0. The largest absolute Gasteiger partial charge is 0.741 e. The minimum atomic E-state index is -6.09. The van der Waals surface area contributed by atoms with Gasteiger partial charge in [-0.15, -0.1) is 13.2 Å². The van der Waals surface area contributed by atoms with Gasteiger partial charge in [0, 0.05) is 54.4 Å². The van der Waals surface area contributed by atoms with Gasteiger partial charge in [-0.05, 0) is 55.4 Å². The molecule has 0 amide bonds. The SMILES string of the molecule is C.C=C(C)C.C=C(C)C.CC(=O)O.CC(=O)O.CC(=O)O.CC(=O)OC(C)(C)C.CC(=O)[O-].CC(=[OH+])OC(C)(C)C.C[C+](C)C.C[C+](C)C.O=S(=O)(O)C(F)(F)F.O=S(=O)(O)C(F)(F)F.O=S(=O)([O-])C(F)(F)F.O=S(=O)([O-])C(F)(F)F. The van der Waals surface area contributed by atoms with E-state index in [1.54, 1.807) is 0 Å². The molecule has 0 heterocycles. The van der Waals surface area contributed by atoms with Crippen LogP contribution in [0.3, 0.4) is 0 Å². The van der Waals surface area contributed by atoms with E-state index in [4.69, 9.17) is 106 Å². The van der Waals surface area contributed by atoms with E-state index < -0.39 is 86.4 Å². The molecule has 0 bridgehead atoms. The molecule has 0 aliphatic rings. The van der Waals surface area contributed by atoms with Crippen LogP contribution in [-0.4, -0.2) is 141 Å². The maximum Gasteiger partial charge on any atom is 0.522 e. The first-order valence-electron chi connectivity index (χ1n) is 19.8. The second-order valence-electron chi connectivity index (χ2n) is 16.5. The highest BCUT2D eigenvalue weighted by Crippen LogP contribution is 2.22. The van der Waals surface area contributed by atoms with Crippen molar-refractivity contribution >= 4 is 76.3 Å². The number of halogens is 12. The van der Waals surface area contributed by atoms with E-state index in [0.717, 1.165) is 27.7 Å². The third-order valence-corrected chi connectivity index (χ3v) is 4.36. The van der Waals surface area contributed by atoms with Crippen molar-refractivity contribution in [3.8, 4) is 0 Å². The van der Waals surface area contributed by atoms with Gasteiger partial charge in [0.2, 0.25) is 0 Å². The molecule has 0 radical (unpaired) electrons.